The first-order valence-corrected chi connectivity index (χ1v) is 15.0. The lowest BCUT2D eigenvalue weighted by molar-refractivity contribution is -0.122. The highest BCUT2D eigenvalue weighted by Crippen LogP contribution is 2.38. The molecule has 0 bridgehead atoms. The quantitative estimate of drug-likeness (QED) is 0.207. The van der Waals surface area contributed by atoms with E-state index in [1.165, 1.54) is 43.4 Å². The van der Waals surface area contributed by atoms with Crippen LogP contribution in [0.4, 0.5) is 9.80 Å². The standard InChI is InChI=1S/C28H45N3O4S/c1-3-5-6-7-8-9-10-14-22(32)25(20-16-18-29-19-17-20)30-28(34)31-26-24(27(33)35-4-2)21-13-11-12-15-23(21)36-26/h20,25,29H,3-19H2,1-2H3,(H2,30,31,34). The van der Waals surface area contributed by atoms with Gasteiger partial charge in [-0.3, -0.25) is 10.1 Å². The largest absolute Gasteiger partial charge is 0.462 e. The molecular formula is C28H45N3O4S. The number of nitrogens with one attached hydrogen (secondary N) is 3. The van der Waals surface area contributed by atoms with E-state index >= 15 is 0 Å². The van der Waals surface area contributed by atoms with Gasteiger partial charge in [0, 0.05) is 11.3 Å². The number of esters is 1. The highest BCUT2D eigenvalue weighted by molar-refractivity contribution is 7.17. The van der Waals surface area contributed by atoms with Crippen LogP contribution in [0.2, 0.25) is 0 Å². The molecule has 0 saturated carbocycles. The molecule has 2 aliphatic rings. The lowest BCUT2D eigenvalue weighted by Gasteiger charge is -2.30. The number of unbranched alkanes of at least 4 members (excludes halogenated alkanes) is 6. The number of fused-ring (bicyclic) bond motifs is 1. The van der Waals surface area contributed by atoms with Crippen molar-refractivity contribution in [2.75, 3.05) is 25.0 Å². The highest BCUT2D eigenvalue weighted by Gasteiger charge is 2.32. The summed E-state index contributed by atoms with van der Waals surface area (Å²) in [4.78, 5) is 40.3. The van der Waals surface area contributed by atoms with Gasteiger partial charge in [0.1, 0.15) is 5.00 Å². The Morgan fingerprint density at radius 1 is 1.00 bits per heavy atom. The average Bonchev–Trinajstić information content (AvgIpc) is 3.25. The Morgan fingerprint density at radius 3 is 2.42 bits per heavy atom. The minimum absolute atomic E-state index is 0.127. The molecule has 36 heavy (non-hydrogen) atoms. The van der Waals surface area contributed by atoms with Crippen LogP contribution in [0.5, 0.6) is 0 Å². The minimum atomic E-state index is -0.493. The second-order valence-electron chi connectivity index (χ2n) is 10.1. The predicted octanol–water partition coefficient (Wildman–Crippen LogP) is 6.00. The first-order valence-electron chi connectivity index (χ1n) is 14.2. The first-order chi connectivity index (χ1) is 17.5. The van der Waals surface area contributed by atoms with Gasteiger partial charge in [0.25, 0.3) is 0 Å². The molecule has 0 radical (unpaired) electrons. The van der Waals surface area contributed by atoms with Crippen LogP contribution in [0, 0.1) is 5.92 Å². The van der Waals surface area contributed by atoms with Gasteiger partial charge in [0.2, 0.25) is 0 Å². The number of thiophene rings is 1. The maximum Gasteiger partial charge on any atom is 0.341 e. The van der Waals surface area contributed by atoms with Crippen molar-refractivity contribution in [3.63, 3.8) is 0 Å². The summed E-state index contributed by atoms with van der Waals surface area (Å²) in [6, 6.07) is -0.900. The molecule has 1 atom stereocenters. The van der Waals surface area contributed by atoms with Gasteiger partial charge >= 0.3 is 12.0 Å². The summed E-state index contributed by atoms with van der Waals surface area (Å²) in [6.07, 6.45) is 14.2. The van der Waals surface area contributed by atoms with Gasteiger partial charge in [-0.15, -0.1) is 11.3 Å². The molecule has 1 saturated heterocycles. The summed E-state index contributed by atoms with van der Waals surface area (Å²) in [6.45, 7) is 6.02. The van der Waals surface area contributed by atoms with Crippen LogP contribution in [0.1, 0.15) is 112 Å². The number of carbonyl (C=O) groups excluding carboxylic acids is 3. The van der Waals surface area contributed by atoms with E-state index < -0.39 is 12.1 Å². The van der Waals surface area contributed by atoms with Gasteiger partial charge in [-0.1, -0.05) is 45.4 Å². The Bertz CT molecular complexity index is 863. The third-order valence-corrected chi connectivity index (χ3v) is 8.60. The number of Topliss-reactive ketones (excluding diaryl/α,β-unsaturated/α-hetero) is 1. The molecule has 1 fully saturated rings. The summed E-state index contributed by atoms with van der Waals surface area (Å²) in [5.74, 6) is -0.117. The molecule has 1 aliphatic carbocycles. The van der Waals surface area contributed by atoms with E-state index in [0.717, 1.165) is 74.9 Å². The molecular weight excluding hydrogens is 474 g/mol. The molecule has 1 unspecified atom stereocenters. The zero-order valence-electron chi connectivity index (χ0n) is 22.2. The van der Waals surface area contributed by atoms with Crippen molar-refractivity contribution >= 4 is 34.1 Å². The van der Waals surface area contributed by atoms with E-state index in [-0.39, 0.29) is 17.7 Å². The average molecular weight is 520 g/mol. The number of piperidine rings is 1. The summed E-state index contributed by atoms with van der Waals surface area (Å²) in [5, 5.41) is 9.83. The lowest BCUT2D eigenvalue weighted by Crippen LogP contribution is -2.50. The van der Waals surface area contributed by atoms with Crippen molar-refractivity contribution in [1.82, 2.24) is 10.6 Å². The van der Waals surface area contributed by atoms with Gasteiger partial charge in [0.15, 0.2) is 5.78 Å². The van der Waals surface area contributed by atoms with Crippen molar-refractivity contribution in [2.24, 2.45) is 5.92 Å². The maximum atomic E-state index is 13.3. The van der Waals surface area contributed by atoms with Crippen molar-refractivity contribution < 1.29 is 19.1 Å². The molecule has 1 aliphatic heterocycles. The third-order valence-electron chi connectivity index (χ3n) is 7.39. The Morgan fingerprint density at radius 2 is 1.69 bits per heavy atom. The molecule has 3 rings (SSSR count). The van der Waals surface area contributed by atoms with Crippen LogP contribution in [0.3, 0.4) is 0 Å². The van der Waals surface area contributed by atoms with Crippen molar-refractivity contribution in [2.45, 2.75) is 110 Å². The second-order valence-corrected chi connectivity index (χ2v) is 11.2. The number of hydrogen-bond donors (Lipinski definition) is 3. The maximum absolute atomic E-state index is 13.3. The van der Waals surface area contributed by atoms with Gasteiger partial charge in [-0.25, -0.2) is 9.59 Å². The number of hydrogen-bond acceptors (Lipinski definition) is 6. The fourth-order valence-corrected chi connectivity index (χ4v) is 6.68. The number of rotatable bonds is 14. The van der Waals surface area contributed by atoms with Gasteiger partial charge < -0.3 is 15.4 Å². The fraction of sp³-hybridized carbons (Fsp3) is 0.750. The third kappa shape index (κ3) is 8.30. The highest BCUT2D eigenvalue weighted by atomic mass is 32.1. The number of ketones is 1. The smallest absolute Gasteiger partial charge is 0.341 e. The van der Waals surface area contributed by atoms with Crippen LogP contribution in [-0.2, 0) is 22.4 Å². The molecule has 1 aromatic heterocycles. The lowest BCUT2D eigenvalue weighted by atomic mass is 9.86. The SMILES string of the molecule is CCCCCCCCCC(=O)C(NC(=O)Nc1sc2c(c1C(=O)OCC)CCCC2)C1CCNCC1. The normalized spacial score (nSPS) is 16.7. The molecule has 2 amide bonds. The summed E-state index contributed by atoms with van der Waals surface area (Å²) >= 11 is 1.47. The van der Waals surface area contributed by atoms with E-state index in [2.05, 4.69) is 22.9 Å². The molecule has 0 aromatic carbocycles. The fourth-order valence-electron chi connectivity index (χ4n) is 5.40. The van der Waals surface area contributed by atoms with E-state index in [0.29, 0.717) is 23.6 Å². The molecule has 3 N–H and O–H groups in total. The minimum Gasteiger partial charge on any atom is -0.462 e. The molecule has 7 nitrogen and oxygen atoms in total. The zero-order valence-corrected chi connectivity index (χ0v) is 23.0. The van der Waals surface area contributed by atoms with Crippen molar-refractivity contribution in [3.8, 4) is 0 Å². The van der Waals surface area contributed by atoms with E-state index in [1.807, 2.05) is 0 Å². The molecule has 8 heteroatoms. The molecule has 202 valence electrons. The van der Waals surface area contributed by atoms with Crippen molar-refractivity contribution in [1.29, 1.82) is 0 Å². The van der Waals surface area contributed by atoms with E-state index in [9.17, 15) is 14.4 Å². The number of carbonyl (C=O) groups is 3. The number of urea groups is 1. The van der Waals surface area contributed by atoms with Crippen molar-refractivity contribution in [3.05, 3.63) is 16.0 Å². The van der Waals surface area contributed by atoms with E-state index in [1.54, 1.807) is 6.92 Å². The summed E-state index contributed by atoms with van der Waals surface area (Å²) < 4.78 is 5.31. The second kappa shape index (κ2) is 15.4. The summed E-state index contributed by atoms with van der Waals surface area (Å²) in [7, 11) is 0. The van der Waals surface area contributed by atoms with Crippen LogP contribution >= 0.6 is 11.3 Å². The van der Waals surface area contributed by atoms with Gasteiger partial charge in [0.05, 0.1) is 18.2 Å². The van der Waals surface area contributed by atoms with Gasteiger partial charge in [-0.05, 0) is 76.4 Å². The van der Waals surface area contributed by atoms with Gasteiger partial charge in [-0.2, -0.15) is 0 Å². The van der Waals surface area contributed by atoms with Crippen LogP contribution in [0.15, 0.2) is 0 Å². The monoisotopic (exact) mass is 519 g/mol. The predicted molar refractivity (Wildman–Crippen MR) is 146 cm³/mol. The van der Waals surface area contributed by atoms with Crippen LogP contribution in [0.25, 0.3) is 0 Å². The number of amides is 2. The molecule has 0 spiro atoms. The Kier molecular flexibility index (Phi) is 12.2. The topological polar surface area (TPSA) is 96.5 Å². The number of anilines is 1. The first kappa shape index (κ1) is 28.6. The Balaban J connectivity index is 1.63. The summed E-state index contributed by atoms with van der Waals surface area (Å²) in [5.41, 5.74) is 1.52. The Hall–Kier alpha value is -1.93. The van der Waals surface area contributed by atoms with Crippen LogP contribution in [-0.4, -0.2) is 43.5 Å². The Labute approximate surface area is 220 Å². The number of aryl methyl sites for hydroxylation is 1. The number of ether oxygens (including phenoxy) is 1. The van der Waals surface area contributed by atoms with Crippen LogP contribution < -0.4 is 16.0 Å². The molecule has 2 heterocycles. The zero-order chi connectivity index (χ0) is 25.8. The van der Waals surface area contributed by atoms with E-state index in [4.69, 9.17) is 4.74 Å². The molecule has 1 aromatic rings.